The van der Waals surface area contributed by atoms with E-state index in [1.807, 2.05) is 32.6 Å². The minimum atomic E-state index is -3.72. The highest BCUT2D eigenvalue weighted by Crippen LogP contribution is 2.23. The zero-order valence-electron chi connectivity index (χ0n) is 18.5. The molecule has 3 rings (SSSR count). The van der Waals surface area contributed by atoms with Crippen molar-refractivity contribution in [1.29, 1.82) is 0 Å². The molecule has 1 heterocycles. The molecule has 0 bridgehead atoms. The number of piperazine rings is 1. The summed E-state index contributed by atoms with van der Waals surface area (Å²) in [7, 11) is -3.72. The lowest BCUT2D eigenvalue weighted by Crippen LogP contribution is -2.48. The van der Waals surface area contributed by atoms with Gasteiger partial charge in [0.15, 0.2) is 0 Å². The molecule has 31 heavy (non-hydrogen) atoms. The summed E-state index contributed by atoms with van der Waals surface area (Å²) >= 11 is 0. The monoisotopic (exact) mass is 447 g/mol. The number of benzene rings is 2. The molecule has 1 aliphatic rings. The van der Waals surface area contributed by atoms with E-state index in [4.69, 9.17) is 0 Å². The molecule has 8 heteroatoms. The molecule has 0 unspecified atom stereocenters. The highest BCUT2D eigenvalue weighted by molar-refractivity contribution is 7.89. The maximum Gasteiger partial charge on any atom is 0.254 e. The summed E-state index contributed by atoms with van der Waals surface area (Å²) in [4.78, 5) is 16.9. The van der Waals surface area contributed by atoms with E-state index in [9.17, 15) is 17.6 Å². The van der Waals surface area contributed by atoms with E-state index in [0.717, 1.165) is 5.69 Å². The Morgan fingerprint density at radius 2 is 1.52 bits per heavy atom. The Hall–Kier alpha value is -2.45. The third-order valence-electron chi connectivity index (χ3n) is 5.50. The average Bonchev–Trinajstić information content (AvgIpc) is 2.74. The zero-order valence-corrected chi connectivity index (χ0v) is 19.3. The number of carbonyl (C=O) groups excluding carboxylic acids is 1. The number of halogens is 1. The number of carbonyl (C=O) groups is 1. The third-order valence-corrected chi connectivity index (χ3v) is 7.39. The second-order valence-electron chi connectivity index (χ2n) is 8.30. The zero-order chi connectivity index (χ0) is 22.8. The van der Waals surface area contributed by atoms with Gasteiger partial charge in [0.25, 0.3) is 5.91 Å². The maximum absolute atomic E-state index is 13.2. The first kappa shape index (κ1) is 23.2. The van der Waals surface area contributed by atoms with Crippen LogP contribution in [0.1, 0.15) is 38.1 Å². The van der Waals surface area contributed by atoms with E-state index in [1.165, 1.54) is 28.6 Å². The minimum Gasteiger partial charge on any atom is -0.369 e. The number of sulfonamides is 1. The summed E-state index contributed by atoms with van der Waals surface area (Å²) in [6.45, 7) is 9.44. The van der Waals surface area contributed by atoms with Gasteiger partial charge in [-0.25, -0.2) is 12.8 Å². The van der Waals surface area contributed by atoms with Gasteiger partial charge in [-0.2, -0.15) is 4.31 Å². The number of nitrogens with zero attached hydrogens (tertiary/aromatic N) is 3. The lowest BCUT2D eigenvalue weighted by molar-refractivity contribution is 0.0643. The topological polar surface area (TPSA) is 60.9 Å². The molecular formula is C23H30FN3O3S. The summed E-state index contributed by atoms with van der Waals surface area (Å²) in [6, 6.07) is 12.5. The van der Waals surface area contributed by atoms with Gasteiger partial charge >= 0.3 is 0 Å². The minimum absolute atomic E-state index is 0.00676. The quantitative estimate of drug-likeness (QED) is 0.679. The van der Waals surface area contributed by atoms with Crippen molar-refractivity contribution in [2.45, 2.75) is 44.7 Å². The second kappa shape index (κ2) is 9.36. The smallest absolute Gasteiger partial charge is 0.254 e. The Morgan fingerprint density at radius 3 is 2.06 bits per heavy atom. The van der Waals surface area contributed by atoms with Gasteiger partial charge in [0.2, 0.25) is 10.0 Å². The normalized spacial score (nSPS) is 15.5. The van der Waals surface area contributed by atoms with Crippen molar-refractivity contribution in [1.82, 2.24) is 9.21 Å². The lowest BCUT2D eigenvalue weighted by Gasteiger charge is -2.35. The third kappa shape index (κ3) is 5.07. The number of amides is 1. The van der Waals surface area contributed by atoms with Crippen molar-refractivity contribution in [3.63, 3.8) is 0 Å². The van der Waals surface area contributed by atoms with Crippen molar-refractivity contribution in [3.8, 4) is 0 Å². The maximum atomic E-state index is 13.2. The number of rotatable bonds is 6. The Balaban J connectivity index is 1.76. The van der Waals surface area contributed by atoms with Crippen LogP contribution < -0.4 is 4.90 Å². The summed E-state index contributed by atoms with van der Waals surface area (Å²) in [5, 5.41) is 0. The Morgan fingerprint density at radius 1 is 0.935 bits per heavy atom. The molecule has 1 fully saturated rings. The first-order chi connectivity index (χ1) is 14.6. The van der Waals surface area contributed by atoms with Crippen LogP contribution >= 0.6 is 0 Å². The predicted octanol–water partition coefficient (Wildman–Crippen LogP) is 3.60. The van der Waals surface area contributed by atoms with Crippen LogP contribution in [-0.2, 0) is 10.0 Å². The fourth-order valence-electron chi connectivity index (χ4n) is 3.99. The molecule has 0 aromatic heterocycles. The van der Waals surface area contributed by atoms with Gasteiger partial charge in [-0.1, -0.05) is 6.07 Å². The molecule has 2 aromatic rings. The lowest BCUT2D eigenvalue weighted by atomic mass is 10.1. The molecule has 0 saturated carbocycles. The Kier molecular flexibility index (Phi) is 7.01. The molecule has 0 N–H and O–H groups in total. The molecule has 1 amide bonds. The highest BCUT2D eigenvalue weighted by Gasteiger charge is 2.30. The summed E-state index contributed by atoms with van der Waals surface area (Å²) in [6.07, 6.45) is 0. The number of hydrogen-bond donors (Lipinski definition) is 0. The molecule has 0 radical (unpaired) electrons. The van der Waals surface area contributed by atoms with Crippen LogP contribution in [-0.4, -0.2) is 61.8 Å². The summed E-state index contributed by atoms with van der Waals surface area (Å²) < 4.78 is 41.0. The van der Waals surface area contributed by atoms with Crippen molar-refractivity contribution >= 4 is 21.6 Å². The fraction of sp³-hybridized carbons (Fsp3) is 0.435. The van der Waals surface area contributed by atoms with E-state index >= 15 is 0 Å². The Labute approximate surface area is 184 Å². The van der Waals surface area contributed by atoms with Crippen LogP contribution in [0.25, 0.3) is 0 Å². The van der Waals surface area contributed by atoms with Crippen LogP contribution in [0.2, 0.25) is 0 Å². The van der Waals surface area contributed by atoms with Gasteiger partial charge in [-0.3, -0.25) is 4.79 Å². The first-order valence-electron chi connectivity index (χ1n) is 10.5. The van der Waals surface area contributed by atoms with Crippen LogP contribution in [0.15, 0.2) is 53.4 Å². The van der Waals surface area contributed by atoms with Gasteiger partial charge < -0.3 is 9.80 Å². The molecule has 0 atom stereocenters. The Bertz CT molecular complexity index is 1010. The first-order valence-corrected chi connectivity index (χ1v) is 12.0. The van der Waals surface area contributed by atoms with Gasteiger partial charge in [0, 0.05) is 49.5 Å². The molecule has 1 saturated heterocycles. The fourth-order valence-corrected chi connectivity index (χ4v) is 5.46. The highest BCUT2D eigenvalue weighted by atomic mass is 32.2. The molecule has 1 aliphatic heterocycles. The molecule has 168 valence electrons. The number of anilines is 1. The van der Waals surface area contributed by atoms with E-state index < -0.39 is 10.0 Å². The van der Waals surface area contributed by atoms with Crippen LogP contribution in [0.3, 0.4) is 0 Å². The van der Waals surface area contributed by atoms with Crippen molar-refractivity contribution < 1.29 is 17.6 Å². The van der Waals surface area contributed by atoms with Crippen LogP contribution in [0, 0.1) is 5.82 Å². The van der Waals surface area contributed by atoms with Gasteiger partial charge in [0.1, 0.15) is 5.82 Å². The van der Waals surface area contributed by atoms with Crippen LogP contribution in [0.5, 0.6) is 0 Å². The molecular weight excluding hydrogens is 417 g/mol. The van der Waals surface area contributed by atoms with Gasteiger partial charge in [-0.15, -0.1) is 0 Å². The SMILES string of the molecule is CC(C)N(C(=O)c1cccc(S(=O)(=O)N2CCN(c3ccc(F)cc3)CC2)c1)C(C)C. The molecule has 6 nitrogen and oxygen atoms in total. The largest absolute Gasteiger partial charge is 0.369 e. The van der Waals surface area contributed by atoms with Gasteiger partial charge in [0.05, 0.1) is 4.90 Å². The molecule has 0 aliphatic carbocycles. The molecule has 0 spiro atoms. The van der Waals surface area contributed by atoms with Gasteiger partial charge in [-0.05, 0) is 70.2 Å². The predicted molar refractivity (Wildman–Crippen MR) is 120 cm³/mol. The number of hydrogen-bond acceptors (Lipinski definition) is 4. The standard InChI is InChI=1S/C23H30FN3O3S/c1-17(2)27(18(3)4)23(28)19-6-5-7-22(16-19)31(29,30)26-14-12-25(13-15-26)21-10-8-20(24)9-11-21/h5-11,16-18H,12-15H2,1-4H3. The van der Waals surface area contributed by atoms with Crippen LogP contribution in [0.4, 0.5) is 10.1 Å². The van der Waals surface area contributed by atoms with Crippen molar-refractivity contribution in [2.75, 3.05) is 31.1 Å². The van der Waals surface area contributed by atoms with Crippen molar-refractivity contribution in [3.05, 3.63) is 59.9 Å². The average molecular weight is 448 g/mol. The summed E-state index contributed by atoms with van der Waals surface area (Å²) in [5.74, 6) is -0.476. The molecule has 2 aromatic carbocycles. The van der Waals surface area contributed by atoms with E-state index in [2.05, 4.69) is 0 Å². The van der Waals surface area contributed by atoms with E-state index in [-0.39, 0.29) is 28.7 Å². The van der Waals surface area contributed by atoms with E-state index in [0.29, 0.717) is 31.7 Å². The summed E-state index contributed by atoms with van der Waals surface area (Å²) in [5.41, 5.74) is 1.24. The van der Waals surface area contributed by atoms with E-state index in [1.54, 1.807) is 29.2 Å². The second-order valence-corrected chi connectivity index (χ2v) is 10.2. The van der Waals surface area contributed by atoms with Crippen molar-refractivity contribution in [2.24, 2.45) is 0 Å².